The third-order valence-electron chi connectivity index (χ3n) is 3.64. The van der Waals surface area contributed by atoms with Gasteiger partial charge in [-0.3, -0.25) is 0 Å². The summed E-state index contributed by atoms with van der Waals surface area (Å²) in [6.45, 7) is 1.69. The van der Waals surface area contributed by atoms with Crippen LogP contribution in [0.15, 0.2) is 23.1 Å². The number of sulfonamides is 1. The maximum absolute atomic E-state index is 12.4. The number of rotatable bonds is 3. The number of hydrogen-bond acceptors (Lipinski definition) is 4. The summed E-state index contributed by atoms with van der Waals surface area (Å²) >= 11 is 0. The average molecular weight is 294 g/mol. The van der Waals surface area contributed by atoms with E-state index in [2.05, 4.69) is 4.72 Å². The minimum absolute atomic E-state index is 0.106. The van der Waals surface area contributed by atoms with Gasteiger partial charge in [-0.2, -0.15) is 5.26 Å². The molecule has 108 valence electrons. The van der Waals surface area contributed by atoms with Crippen LogP contribution in [0.4, 0.5) is 0 Å². The van der Waals surface area contributed by atoms with Crippen molar-refractivity contribution in [2.45, 2.75) is 49.6 Å². The molecule has 1 saturated carbocycles. The molecule has 0 radical (unpaired) electrons. The zero-order valence-corrected chi connectivity index (χ0v) is 12.2. The van der Waals surface area contributed by atoms with Crippen molar-refractivity contribution in [3.63, 3.8) is 0 Å². The van der Waals surface area contributed by atoms with E-state index in [0.29, 0.717) is 24.0 Å². The molecule has 1 aliphatic carbocycles. The number of aliphatic hydroxyl groups excluding tert-OH is 1. The van der Waals surface area contributed by atoms with E-state index in [1.54, 1.807) is 19.1 Å². The van der Waals surface area contributed by atoms with Crippen molar-refractivity contribution in [3.05, 3.63) is 29.3 Å². The SMILES string of the molecule is Cc1ccc(C#N)cc1S(=O)(=O)N[C@@H]1CCCC[C@H]1O. The van der Waals surface area contributed by atoms with Gasteiger partial charge in [0.2, 0.25) is 10.0 Å². The van der Waals surface area contributed by atoms with Crippen molar-refractivity contribution in [1.82, 2.24) is 4.72 Å². The van der Waals surface area contributed by atoms with Gasteiger partial charge in [-0.15, -0.1) is 0 Å². The van der Waals surface area contributed by atoms with Crippen LogP contribution in [0.25, 0.3) is 0 Å². The van der Waals surface area contributed by atoms with E-state index >= 15 is 0 Å². The summed E-state index contributed by atoms with van der Waals surface area (Å²) in [7, 11) is -3.72. The Labute approximate surface area is 119 Å². The number of hydrogen-bond donors (Lipinski definition) is 2. The van der Waals surface area contributed by atoms with Crippen molar-refractivity contribution >= 4 is 10.0 Å². The smallest absolute Gasteiger partial charge is 0.241 e. The fourth-order valence-corrected chi connectivity index (χ4v) is 4.05. The molecule has 20 heavy (non-hydrogen) atoms. The maximum Gasteiger partial charge on any atom is 0.241 e. The molecule has 0 amide bonds. The zero-order valence-electron chi connectivity index (χ0n) is 11.3. The lowest BCUT2D eigenvalue weighted by Crippen LogP contribution is -2.45. The highest BCUT2D eigenvalue weighted by Crippen LogP contribution is 2.22. The quantitative estimate of drug-likeness (QED) is 0.882. The molecule has 0 spiro atoms. The van der Waals surface area contributed by atoms with Crippen LogP contribution in [-0.2, 0) is 10.0 Å². The summed E-state index contributed by atoms with van der Waals surface area (Å²) in [5, 5.41) is 18.7. The second kappa shape index (κ2) is 5.92. The molecule has 2 rings (SSSR count). The monoisotopic (exact) mass is 294 g/mol. The Kier molecular flexibility index (Phi) is 4.43. The second-order valence-electron chi connectivity index (χ2n) is 5.17. The van der Waals surface area contributed by atoms with Gasteiger partial charge in [0.15, 0.2) is 0 Å². The van der Waals surface area contributed by atoms with Crippen molar-refractivity contribution in [2.24, 2.45) is 0 Å². The predicted molar refractivity (Wildman–Crippen MR) is 74.5 cm³/mol. The molecule has 6 heteroatoms. The molecule has 1 aliphatic rings. The molecular weight excluding hydrogens is 276 g/mol. The van der Waals surface area contributed by atoms with E-state index in [1.165, 1.54) is 6.07 Å². The van der Waals surface area contributed by atoms with Crippen LogP contribution in [0.1, 0.15) is 36.8 Å². The largest absolute Gasteiger partial charge is 0.391 e. The summed E-state index contributed by atoms with van der Waals surface area (Å²) in [6.07, 6.45) is 2.43. The maximum atomic E-state index is 12.4. The highest BCUT2D eigenvalue weighted by Gasteiger charge is 2.28. The van der Waals surface area contributed by atoms with Crippen LogP contribution in [-0.4, -0.2) is 25.7 Å². The van der Waals surface area contributed by atoms with Gasteiger partial charge in [-0.05, 0) is 37.5 Å². The number of benzene rings is 1. The van der Waals surface area contributed by atoms with E-state index < -0.39 is 22.2 Å². The Bertz CT molecular complexity index is 634. The van der Waals surface area contributed by atoms with Crippen LogP contribution in [0.2, 0.25) is 0 Å². The standard InChI is InChI=1S/C14H18N2O3S/c1-10-6-7-11(9-15)8-14(10)20(18,19)16-12-4-2-3-5-13(12)17/h6-8,12-13,16-17H,2-5H2,1H3/t12-,13-/m1/s1. The first-order valence-electron chi connectivity index (χ1n) is 6.65. The van der Waals surface area contributed by atoms with Crippen LogP contribution in [0.3, 0.4) is 0 Å². The fourth-order valence-electron chi connectivity index (χ4n) is 2.47. The zero-order chi connectivity index (χ0) is 14.8. The molecule has 0 bridgehead atoms. The number of nitrogens with zero attached hydrogens (tertiary/aromatic N) is 1. The molecular formula is C14H18N2O3S. The van der Waals surface area contributed by atoms with Gasteiger partial charge in [0.25, 0.3) is 0 Å². The molecule has 2 N–H and O–H groups in total. The number of aliphatic hydroxyl groups is 1. The second-order valence-corrected chi connectivity index (χ2v) is 6.85. The minimum Gasteiger partial charge on any atom is -0.391 e. The Morgan fingerprint density at radius 1 is 1.35 bits per heavy atom. The molecule has 0 saturated heterocycles. The molecule has 5 nitrogen and oxygen atoms in total. The van der Waals surface area contributed by atoms with Crippen LogP contribution in [0, 0.1) is 18.3 Å². The Morgan fingerprint density at radius 2 is 2.05 bits per heavy atom. The summed E-state index contributed by atoms with van der Waals surface area (Å²) in [4.78, 5) is 0.106. The van der Waals surface area contributed by atoms with E-state index in [0.717, 1.165) is 12.8 Å². The lowest BCUT2D eigenvalue weighted by Gasteiger charge is -2.28. The van der Waals surface area contributed by atoms with Gasteiger partial charge < -0.3 is 5.11 Å². The topological polar surface area (TPSA) is 90.2 Å². The van der Waals surface area contributed by atoms with Crippen molar-refractivity contribution in [2.75, 3.05) is 0 Å². The third kappa shape index (κ3) is 3.18. The third-order valence-corrected chi connectivity index (χ3v) is 5.27. The highest BCUT2D eigenvalue weighted by molar-refractivity contribution is 7.89. The van der Waals surface area contributed by atoms with Crippen molar-refractivity contribution in [3.8, 4) is 6.07 Å². The fraction of sp³-hybridized carbons (Fsp3) is 0.500. The Morgan fingerprint density at radius 3 is 2.70 bits per heavy atom. The van der Waals surface area contributed by atoms with Crippen molar-refractivity contribution in [1.29, 1.82) is 5.26 Å². The van der Waals surface area contributed by atoms with Crippen LogP contribution < -0.4 is 4.72 Å². The normalized spacial score (nSPS) is 23.2. The molecule has 0 aliphatic heterocycles. The van der Waals surface area contributed by atoms with Crippen molar-refractivity contribution < 1.29 is 13.5 Å². The van der Waals surface area contributed by atoms with Gasteiger partial charge in [0.1, 0.15) is 0 Å². The summed E-state index contributed by atoms with van der Waals surface area (Å²) in [6, 6.07) is 6.06. The molecule has 0 heterocycles. The summed E-state index contributed by atoms with van der Waals surface area (Å²) in [5.41, 5.74) is 0.891. The number of nitriles is 1. The first-order valence-corrected chi connectivity index (χ1v) is 8.13. The highest BCUT2D eigenvalue weighted by atomic mass is 32.2. The lowest BCUT2D eigenvalue weighted by atomic mass is 9.93. The van der Waals surface area contributed by atoms with Gasteiger partial charge in [0, 0.05) is 6.04 Å². The molecule has 1 aromatic carbocycles. The molecule has 0 aromatic heterocycles. The Balaban J connectivity index is 2.28. The number of nitrogens with one attached hydrogen (secondary N) is 1. The molecule has 1 fully saturated rings. The number of aryl methyl sites for hydroxylation is 1. The summed E-state index contributed by atoms with van der Waals surface area (Å²) in [5.74, 6) is 0. The first kappa shape index (κ1) is 15.0. The average Bonchev–Trinajstić information content (AvgIpc) is 2.41. The van der Waals surface area contributed by atoms with Crippen LogP contribution in [0.5, 0.6) is 0 Å². The van der Waals surface area contributed by atoms with Gasteiger partial charge in [-0.1, -0.05) is 18.9 Å². The molecule has 1 aromatic rings. The first-order chi connectivity index (χ1) is 9.44. The summed E-state index contributed by atoms with van der Waals surface area (Å²) < 4.78 is 27.4. The van der Waals surface area contributed by atoms with E-state index in [9.17, 15) is 13.5 Å². The molecule has 2 atom stereocenters. The predicted octanol–water partition coefficient (Wildman–Crippen LogP) is 1.45. The molecule has 0 unspecified atom stereocenters. The van der Waals surface area contributed by atoms with Crippen LogP contribution >= 0.6 is 0 Å². The Hall–Kier alpha value is -1.42. The van der Waals surface area contributed by atoms with E-state index in [-0.39, 0.29) is 4.90 Å². The lowest BCUT2D eigenvalue weighted by molar-refractivity contribution is 0.101. The minimum atomic E-state index is -3.72. The van der Waals surface area contributed by atoms with Gasteiger partial charge in [-0.25, -0.2) is 13.1 Å². The van der Waals surface area contributed by atoms with Gasteiger partial charge >= 0.3 is 0 Å². The van der Waals surface area contributed by atoms with E-state index in [1.807, 2.05) is 6.07 Å². The van der Waals surface area contributed by atoms with E-state index in [4.69, 9.17) is 5.26 Å². The van der Waals surface area contributed by atoms with Gasteiger partial charge in [0.05, 0.1) is 22.6 Å².